The van der Waals surface area contributed by atoms with E-state index in [2.05, 4.69) is 50.2 Å². The number of carbonyl (C=O) groups excluding carboxylic acids is 2. The molecule has 0 radical (unpaired) electrons. The van der Waals surface area contributed by atoms with Crippen LogP contribution in [0.15, 0.2) is 42.5 Å². The minimum atomic E-state index is -1.12. The van der Waals surface area contributed by atoms with Gasteiger partial charge >= 0.3 is 5.97 Å². The van der Waals surface area contributed by atoms with Gasteiger partial charge in [0, 0.05) is 41.2 Å². The van der Waals surface area contributed by atoms with Crippen molar-refractivity contribution in [1.29, 1.82) is 0 Å². The number of aliphatic hydroxyl groups is 1. The van der Waals surface area contributed by atoms with Gasteiger partial charge in [-0.05, 0) is 87.1 Å². The third-order valence-electron chi connectivity index (χ3n) is 12.1. The van der Waals surface area contributed by atoms with Crippen LogP contribution in [0.2, 0.25) is 0 Å². The first-order valence-electron chi connectivity index (χ1n) is 19.4. The molecule has 4 fully saturated rings. The van der Waals surface area contributed by atoms with Crippen LogP contribution >= 0.6 is 0 Å². The van der Waals surface area contributed by atoms with Crippen LogP contribution in [0, 0.1) is 35.0 Å². The molecule has 12 heteroatoms. The van der Waals surface area contributed by atoms with E-state index in [4.69, 9.17) is 14.3 Å². The summed E-state index contributed by atoms with van der Waals surface area (Å²) >= 11 is 0. The molecule has 3 saturated carbocycles. The van der Waals surface area contributed by atoms with E-state index >= 15 is 0 Å². The maximum absolute atomic E-state index is 14.4. The monoisotopic (exact) mass is 750 g/mol. The second kappa shape index (κ2) is 17.5. The van der Waals surface area contributed by atoms with Crippen LogP contribution in [0.4, 0.5) is 0 Å². The molecule has 0 unspecified atom stereocenters. The molecule has 12 nitrogen and oxygen atoms in total. The number of amides is 2. The van der Waals surface area contributed by atoms with Crippen LogP contribution in [-0.4, -0.2) is 109 Å². The first-order valence-corrected chi connectivity index (χ1v) is 19.4. The van der Waals surface area contributed by atoms with Crippen molar-refractivity contribution >= 4 is 17.8 Å². The predicted octanol–water partition coefficient (Wildman–Crippen LogP) is 4.84. The number of hydroxylamine groups is 2. The lowest BCUT2D eigenvalue weighted by molar-refractivity contribution is -0.187. The van der Waals surface area contributed by atoms with Crippen molar-refractivity contribution in [3.63, 3.8) is 0 Å². The highest BCUT2D eigenvalue weighted by Crippen LogP contribution is 2.61. The van der Waals surface area contributed by atoms with Gasteiger partial charge in [0.25, 0.3) is 5.91 Å². The van der Waals surface area contributed by atoms with Crippen molar-refractivity contribution in [1.82, 2.24) is 20.6 Å². The number of benzene rings is 2. The number of carboxylic acids is 1. The van der Waals surface area contributed by atoms with Gasteiger partial charge in [-0.1, -0.05) is 65.0 Å². The topological polar surface area (TPSA) is 150 Å². The van der Waals surface area contributed by atoms with Gasteiger partial charge in [0.1, 0.15) is 24.5 Å². The summed E-state index contributed by atoms with van der Waals surface area (Å²) < 4.78 is 11.5. The average Bonchev–Trinajstić information content (AvgIpc) is 3.46. The Kier molecular flexibility index (Phi) is 13.5. The number of nitrogens with zero attached hydrogens (tertiary/aromatic N) is 2. The van der Waals surface area contributed by atoms with E-state index in [1.165, 1.54) is 6.42 Å². The molecule has 1 aliphatic heterocycles. The fraction of sp³-hybridized carbons (Fsp3) is 0.643. The second-order valence-corrected chi connectivity index (χ2v) is 17.1. The first kappa shape index (κ1) is 41.6. The summed E-state index contributed by atoms with van der Waals surface area (Å²) in [6.45, 7) is 13.0. The molecule has 54 heavy (non-hydrogen) atoms. The van der Waals surface area contributed by atoms with Crippen LogP contribution in [0.5, 0.6) is 5.75 Å². The molecule has 9 atom stereocenters. The van der Waals surface area contributed by atoms with Gasteiger partial charge in [-0.3, -0.25) is 14.4 Å². The van der Waals surface area contributed by atoms with Crippen LogP contribution in [0.25, 0.3) is 11.1 Å². The van der Waals surface area contributed by atoms with Crippen molar-refractivity contribution in [2.45, 2.75) is 97.7 Å². The summed E-state index contributed by atoms with van der Waals surface area (Å²) in [6.07, 6.45) is 1.21. The van der Waals surface area contributed by atoms with Crippen molar-refractivity contribution < 1.29 is 38.9 Å². The molecule has 1 saturated heterocycles. The van der Waals surface area contributed by atoms with Crippen LogP contribution in [0.1, 0.15) is 76.7 Å². The number of hydrogen-bond acceptors (Lipinski definition) is 9. The molecule has 2 amide bonds. The summed E-state index contributed by atoms with van der Waals surface area (Å²) in [7, 11) is 5.59. The Morgan fingerprint density at radius 1 is 1.09 bits per heavy atom. The number of likely N-dealkylation sites (N-methyl/N-ethyl adjacent to an activating group) is 1. The van der Waals surface area contributed by atoms with E-state index in [9.17, 15) is 24.6 Å². The molecule has 4 N–H and O–H groups in total. The van der Waals surface area contributed by atoms with Crippen molar-refractivity contribution in [3.8, 4) is 16.9 Å². The molecular formula is C42H62N4O8. The largest absolute Gasteiger partial charge is 0.496 e. The smallest absolute Gasteiger partial charge is 0.329 e. The molecule has 4 aliphatic rings. The zero-order chi connectivity index (χ0) is 39.5. The fourth-order valence-corrected chi connectivity index (χ4v) is 9.36. The number of hydrogen-bond donors (Lipinski definition) is 4. The van der Waals surface area contributed by atoms with E-state index in [1.54, 1.807) is 25.2 Å². The number of methoxy groups -OCH3 is 1. The number of para-hydroxylation sites is 1. The van der Waals surface area contributed by atoms with Crippen LogP contribution in [-0.2, 0) is 25.7 Å². The number of carbonyl (C=O) groups is 3. The summed E-state index contributed by atoms with van der Waals surface area (Å²) in [5, 5.41) is 28.5. The predicted molar refractivity (Wildman–Crippen MR) is 207 cm³/mol. The molecule has 2 aromatic rings. The molecule has 1 heterocycles. The quantitative estimate of drug-likeness (QED) is 0.177. The van der Waals surface area contributed by atoms with E-state index < -0.39 is 36.7 Å². The highest BCUT2D eigenvalue weighted by Gasteiger charge is 2.57. The number of ether oxygens (including phenoxy) is 2. The standard InChI is InChI=1S/C42H62N4O8/c1-24(2)16-31(21-45(7)8)43-40(50)28-13-10-12-27(17-28)32-15-11-14-29(39(32)52-9)20-46-38(37(26(4)47)35(54-46)22-53-23-36(48)49)41(51)44-34-19-30-18-33(25(34)3)42(30,5)6/h10-15,17,24-26,30-31,33-35,37-38,47H,16,18-23H2,1-9H3,(H,43,50)(H,44,51)(H,48,49)/t25-,26-,30+,31+,33-,34-,35-,37-,38-/m0/s1. The number of fused-ring (bicyclic) bond motifs is 2. The van der Waals surface area contributed by atoms with Crippen LogP contribution < -0.4 is 15.4 Å². The summed E-state index contributed by atoms with van der Waals surface area (Å²) in [5.41, 5.74) is 3.08. The molecule has 2 aromatic carbocycles. The van der Waals surface area contributed by atoms with Gasteiger partial charge in [-0.25, -0.2) is 4.79 Å². The van der Waals surface area contributed by atoms with Gasteiger partial charge in [-0.15, -0.1) is 0 Å². The number of aliphatic carboxylic acids is 1. The lowest BCUT2D eigenvalue weighted by atomic mass is 9.45. The Balaban J connectivity index is 1.41. The lowest BCUT2D eigenvalue weighted by Crippen LogP contribution is -2.62. The molecule has 0 aromatic heterocycles. The fourth-order valence-electron chi connectivity index (χ4n) is 9.36. The van der Waals surface area contributed by atoms with E-state index in [-0.39, 0.29) is 42.5 Å². The van der Waals surface area contributed by atoms with Gasteiger partial charge in [0.2, 0.25) is 5.91 Å². The molecular weight excluding hydrogens is 688 g/mol. The SMILES string of the molecule is COc1c(CN2O[C@@H](COCC(=O)O)[C@H]([C@H](C)O)[C@H]2C(=O)N[C@H]2C[C@H]3C[C@@H]([C@@H]2C)C3(C)C)cccc1-c1cccc(C(=O)N[C@H](CC(C)C)CN(C)C)c1. The zero-order valence-electron chi connectivity index (χ0n) is 33.5. The second-order valence-electron chi connectivity index (χ2n) is 17.1. The molecule has 6 rings (SSSR count). The highest BCUT2D eigenvalue weighted by atomic mass is 16.7. The van der Waals surface area contributed by atoms with Gasteiger partial charge in [-0.2, -0.15) is 5.06 Å². The Labute approximate surface area is 320 Å². The molecule has 2 bridgehead atoms. The maximum Gasteiger partial charge on any atom is 0.329 e. The van der Waals surface area contributed by atoms with Gasteiger partial charge < -0.3 is 35.2 Å². The Morgan fingerprint density at radius 3 is 2.43 bits per heavy atom. The number of rotatable bonds is 17. The third-order valence-corrected chi connectivity index (χ3v) is 12.1. The zero-order valence-corrected chi connectivity index (χ0v) is 33.5. The minimum Gasteiger partial charge on any atom is -0.496 e. The van der Waals surface area contributed by atoms with Crippen molar-refractivity contribution in [3.05, 3.63) is 53.6 Å². The van der Waals surface area contributed by atoms with Gasteiger partial charge in [0.15, 0.2) is 0 Å². The molecule has 298 valence electrons. The summed E-state index contributed by atoms with van der Waals surface area (Å²) in [6, 6.07) is 12.3. The summed E-state index contributed by atoms with van der Waals surface area (Å²) in [5.74, 6) is 0.157. The Bertz CT molecular complexity index is 1620. The normalized spacial score (nSPS) is 27.3. The van der Waals surface area contributed by atoms with E-state index in [0.29, 0.717) is 35.0 Å². The van der Waals surface area contributed by atoms with Gasteiger partial charge in [0.05, 0.1) is 26.4 Å². The van der Waals surface area contributed by atoms with Crippen LogP contribution in [0.3, 0.4) is 0 Å². The number of aliphatic hydroxyl groups excluding tert-OH is 1. The Morgan fingerprint density at radius 2 is 1.81 bits per heavy atom. The van der Waals surface area contributed by atoms with E-state index in [1.807, 2.05) is 50.5 Å². The lowest BCUT2D eigenvalue weighted by Gasteiger charge is -2.62. The number of carboxylic acid groups (broad SMARTS) is 1. The minimum absolute atomic E-state index is 0.000964. The molecule has 0 spiro atoms. The summed E-state index contributed by atoms with van der Waals surface area (Å²) in [4.78, 5) is 47.6. The van der Waals surface area contributed by atoms with E-state index in [0.717, 1.165) is 36.1 Å². The third kappa shape index (κ3) is 9.27. The molecule has 3 aliphatic carbocycles. The first-order chi connectivity index (χ1) is 25.5. The highest BCUT2D eigenvalue weighted by molar-refractivity contribution is 5.96. The Hall–Kier alpha value is -3.55. The van der Waals surface area contributed by atoms with Crippen molar-refractivity contribution in [2.75, 3.05) is 41.0 Å². The van der Waals surface area contributed by atoms with Crippen molar-refractivity contribution in [2.24, 2.45) is 35.0 Å². The maximum atomic E-state index is 14.4. The average molecular weight is 751 g/mol. The number of nitrogens with one attached hydrogen (secondary N) is 2.